The Balaban J connectivity index is 1.39. The molecule has 0 saturated heterocycles. The van der Waals surface area contributed by atoms with Gasteiger partial charge in [-0.05, 0) is 111 Å². The molecule has 0 spiro atoms. The summed E-state index contributed by atoms with van der Waals surface area (Å²) < 4.78 is 0. The molecule has 29 heavy (non-hydrogen) atoms. The van der Waals surface area contributed by atoms with Crippen LogP contribution >= 0.6 is 11.6 Å². The van der Waals surface area contributed by atoms with Crippen molar-refractivity contribution in [3.63, 3.8) is 0 Å². The van der Waals surface area contributed by atoms with Gasteiger partial charge in [0.15, 0.2) is 0 Å². The van der Waals surface area contributed by atoms with Crippen molar-refractivity contribution >= 4 is 11.6 Å². The summed E-state index contributed by atoms with van der Waals surface area (Å²) in [6.07, 6.45) is 19.1. The van der Waals surface area contributed by atoms with Gasteiger partial charge in [0.2, 0.25) is 0 Å². The first-order valence-electron chi connectivity index (χ1n) is 13.5. The monoisotopic (exact) mass is 422 g/mol. The van der Waals surface area contributed by atoms with Crippen LogP contribution in [0.2, 0.25) is 0 Å². The van der Waals surface area contributed by atoms with E-state index in [2.05, 4.69) is 34.6 Å². The first-order chi connectivity index (χ1) is 13.9. The van der Waals surface area contributed by atoms with Crippen LogP contribution in [0, 0.1) is 53.3 Å². The minimum Gasteiger partial charge on any atom is -0.122 e. The summed E-state index contributed by atoms with van der Waals surface area (Å²) in [5.41, 5.74) is 0. The molecule has 6 unspecified atom stereocenters. The normalized spacial score (nSPS) is 43.7. The van der Waals surface area contributed by atoms with Crippen molar-refractivity contribution in [2.75, 3.05) is 0 Å². The maximum absolute atomic E-state index is 6.95. The number of halogens is 1. The van der Waals surface area contributed by atoms with Crippen LogP contribution in [0.1, 0.15) is 118 Å². The molecular weight excluding hydrogens is 372 g/mol. The molecule has 3 aliphatic carbocycles. The molecule has 3 saturated carbocycles. The van der Waals surface area contributed by atoms with E-state index in [1.807, 2.05) is 0 Å². The average molecular weight is 423 g/mol. The smallest absolute Gasteiger partial charge is 0.0395 e. The molecule has 6 atom stereocenters. The Bertz CT molecular complexity index is 457. The maximum atomic E-state index is 6.95. The Morgan fingerprint density at radius 3 is 1.86 bits per heavy atom. The molecule has 3 aliphatic rings. The SMILES string of the molecule is CCC(C)CCC(C)C1CCC(C2CCC(C3CCC(C)C(C)C3Cl)CC2)CC1. The van der Waals surface area contributed by atoms with E-state index in [-0.39, 0.29) is 0 Å². The molecule has 0 bridgehead atoms. The summed E-state index contributed by atoms with van der Waals surface area (Å²) in [4.78, 5) is 0. The molecule has 0 nitrogen and oxygen atoms in total. The van der Waals surface area contributed by atoms with Crippen molar-refractivity contribution in [1.29, 1.82) is 0 Å². The summed E-state index contributed by atoms with van der Waals surface area (Å²) in [7, 11) is 0. The van der Waals surface area contributed by atoms with Gasteiger partial charge in [0.05, 0.1) is 0 Å². The van der Waals surface area contributed by atoms with Gasteiger partial charge in [0, 0.05) is 5.38 Å². The molecule has 170 valence electrons. The highest BCUT2D eigenvalue weighted by atomic mass is 35.5. The topological polar surface area (TPSA) is 0 Å². The summed E-state index contributed by atoms with van der Waals surface area (Å²) >= 11 is 6.95. The minimum atomic E-state index is 0.438. The van der Waals surface area contributed by atoms with Gasteiger partial charge >= 0.3 is 0 Å². The van der Waals surface area contributed by atoms with E-state index in [4.69, 9.17) is 11.6 Å². The predicted molar refractivity (Wildman–Crippen MR) is 129 cm³/mol. The number of rotatable bonds is 7. The van der Waals surface area contributed by atoms with E-state index < -0.39 is 0 Å². The van der Waals surface area contributed by atoms with Crippen LogP contribution in [0.3, 0.4) is 0 Å². The Morgan fingerprint density at radius 2 is 1.28 bits per heavy atom. The van der Waals surface area contributed by atoms with Gasteiger partial charge in [0.1, 0.15) is 0 Å². The first kappa shape index (κ1) is 23.9. The van der Waals surface area contributed by atoms with E-state index in [0.29, 0.717) is 11.3 Å². The molecule has 0 aromatic heterocycles. The molecule has 3 rings (SSSR count). The molecule has 0 N–H and O–H groups in total. The second-order valence-corrected chi connectivity index (χ2v) is 12.4. The summed E-state index contributed by atoms with van der Waals surface area (Å²) in [5.74, 6) is 8.27. The molecule has 1 heteroatoms. The van der Waals surface area contributed by atoms with Crippen molar-refractivity contribution in [2.24, 2.45) is 53.3 Å². The third kappa shape index (κ3) is 6.17. The fraction of sp³-hybridized carbons (Fsp3) is 1.00. The van der Waals surface area contributed by atoms with Gasteiger partial charge in [-0.3, -0.25) is 0 Å². The second-order valence-electron chi connectivity index (χ2n) is 11.9. The summed E-state index contributed by atoms with van der Waals surface area (Å²) in [5, 5.41) is 0.438. The zero-order chi connectivity index (χ0) is 21.0. The van der Waals surface area contributed by atoms with Gasteiger partial charge < -0.3 is 0 Å². The van der Waals surface area contributed by atoms with E-state index in [0.717, 1.165) is 47.3 Å². The zero-order valence-corrected chi connectivity index (χ0v) is 21.1. The van der Waals surface area contributed by atoms with Gasteiger partial charge in [-0.1, -0.05) is 60.3 Å². The quantitative estimate of drug-likeness (QED) is 0.358. The first-order valence-corrected chi connectivity index (χ1v) is 14.0. The molecule has 0 aliphatic heterocycles. The van der Waals surface area contributed by atoms with Crippen molar-refractivity contribution < 1.29 is 0 Å². The predicted octanol–water partition coefficient (Wildman–Crippen LogP) is 9.35. The largest absolute Gasteiger partial charge is 0.122 e. The minimum absolute atomic E-state index is 0.438. The fourth-order valence-corrected chi connectivity index (χ4v) is 7.87. The molecule has 0 radical (unpaired) electrons. The van der Waals surface area contributed by atoms with E-state index >= 15 is 0 Å². The zero-order valence-electron chi connectivity index (χ0n) is 20.3. The van der Waals surface area contributed by atoms with Gasteiger partial charge in [-0.25, -0.2) is 0 Å². The Kier molecular flexibility index (Phi) is 9.28. The van der Waals surface area contributed by atoms with E-state index in [1.165, 1.54) is 83.5 Å². The van der Waals surface area contributed by atoms with Crippen LogP contribution < -0.4 is 0 Å². The summed E-state index contributed by atoms with van der Waals surface area (Å²) in [6, 6.07) is 0. The highest BCUT2D eigenvalue weighted by molar-refractivity contribution is 6.21. The van der Waals surface area contributed by atoms with Crippen LogP contribution in [0.25, 0.3) is 0 Å². The lowest BCUT2D eigenvalue weighted by atomic mass is 9.63. The van der Waals surface area contributed by atoms with Crippen molar-refractivity contribution in [2.45, 2.75) is 123 Å². The summed E-state index contributed by atoms with van der Waals surface area (Å²) in [6.45, 7) is 12.1. The van der Waals surface area contributed by atoms with Crippen LogP contribution in [-0.4, -0.2) is 5.38 Å². The number of alkyl halides is 1. The molecular formula is C28H51Cl. The van der Waals surface area contributed by atoms with Crippen molar-refractivity contribution in [3.05, 3.63) is 0 Å². The van der Waals surface area contributed by atoms with Crippen LogP contribution in [0.15, 0.2) is 0 Å². The van der Waals surface area contributed by atoms with Crippen LogP contribution in [-0.2, 0) is 0 Å². The van der Waals surface area contributed by atoms with Crippen LogP contribution in [0.5, 0.6) is 0 Å². The lowest BCUT2D eigenvalue weighted by Crippen LogP contribution is -2.38. The standard InChI is InChI=1S/C28H51Cl/c1-6-19(2)7-8-21(4)23-10-12-24(13-11-23)25-14-16-26(17-15-25)27-18-9-20(3)22(5)28(27)29/h19-28H,6-18H2,1-5H3. The lowest BCUT2D eigenvalue weighted by Gasteiger charge is -2.45. The maximum Gasteiger partial charge on any atom is 0.0395 e. The van der Waals surface area contributed by atoms with Gasteiger partial charge in [-0.2, -0.15) is 0 Å². The van der Waals surface area contributed by atoms with Crippen LogP contribution in [0.4, 0.5) is 0 Å². The van der Waals surface area contributed by atoms with Crippen molar-refractivity contribution in [3.8, 4) is 0 Å². The molecule has 0 aromatic rings. The highest BCUT2D eigenvalue weighted by Gasteiger charge is 2.40. The molecule has 0 heterocycles. The molecule has 3 fully saturated rings. The Morgan fingerprint density at radius 1 is 0.724 bits per heavy atom. The Hall–Kier alpha value is 0.290. The fourth-order valence-electron chi connectivity index (χ4n) is 7.29. The Labute approximate surface area is 188 Å². The van der Waals surface area contributed by atoms with Gasteiger partial charge in [0.25, 0.3) is 0 Å². The average Bonchev–Trinajstić information content (AvgIpc) is 2.76. The van der Waals surface area contributed by atoms with E-state index in [1.54, 1.807) is 0 Å². The van der Waals surface area contributed by atoms with Crippen molar-refractivity contribution in [1.82, 2.24) is 0 Å². The lowest BCUT2D eigenvalue weighted by molar-refractivity contribution is 0.0865. The molecule has 0 amide bonds. The highest BCUT2D eigenvalue weighted by Crippen LogP contribution is 2.48. The number of hydrogen-bond acceptors (Lipinski definition) is 0. The molecule has 0 aromatic carbocycles. The number of hydrogen-bond donors (Lipinski definition) is 0. The second kappa shape index (κ2) is 11.2. The van der Waals surface area contributed by atoms with E-state index in [9.17, 15) is 0 Å². The third-order valence-electron chi connectivity index (χ3n) is 10.3. The third-order valence-corrected chi connectivity index (χ3v) is 11.0. The van der Waals surface area contributed by atoms with Gasteiger partial charge in [-0.15, -0.1) is 11.6 Å².